The number of benzene rings is 3. The smallest absolute Gasteiger partial charge is 0.213 e. The first kappa shape index (κ1) is 19.3. The van der Waals surface area contributed by atoms with Crippen molar-refractivity contribution in [2.24, 2.45) is 5.10 Å². The van der Waals surface area contributed by atoms with Crippen molar-refractivity contribution >= 4 is 34.6 Å². The van der Waals surface area contributed by atoms with Gasteiger partial charge in [-0.15, -0.1) is 0 Å². The van der Waals surface area contributed by atoms with Crippen LogP contribution in [0.25, 0.3) is 0 Å². The van der Waals surface area contributed by atoms with Gasteiger partial charge in [0, 0.05) is 42.4 Å². The molecule has 0 aromatic heterocycles. The molecule has 3 aromatic rings. The number of fused-ring (bicyclic) bond motifs is 3. The maximum atomic E-state index is 6.54. The first-order chi connectivity index (χ1) is 14.5. The number of hydrogen-bond acceptors (Lipinski definition) is 4. The number of rotatable bonds is 3. The van der Waals surface area contributed by atoms with Gasteiger partial charge in [0.1, 0.15) is 5.75 Å². The van der Waals surface area contributed by atoms with Gasteiger partial charge in [-0.25, -0.2) is 5.01 Å². The maximum Gasteiger partial charge on any atom is 0.213 e. The molecule has 0 fully saturated rings. The molecule has 0 saturated heterocycles. The highest BCUT2D eigenvalue weighted by atomic mass is 35.5. The Kier molecular flexibility index (Phi) is 4.84. The van der Waals surface area contributed by atoms with Crippen LogP contribution in [0.2, 0.25) is 10.0 Å². The normalized spacial score (nSPS) is 19.6. The van der Waals surface area contributed by atoms with Crippen LogP contribution >= 0.6 is 23.2 Å². The standard InChI is InChI=1S/C24H21Cl2N3O/c1-28(2)18-10-8-16(9-11-18)24-29-22(14-21(27-29)15-6-4-3-5-7-15)19-12-17(25)13-20(26)23(19)30-24/h3-13,22,24H,14H2,1-2H3/t22-,24+/m1/s1. The quantitative estimate of drug-likeness (QED) is 0.480. The van der Waals surface area contributed by atoms with Gasteiger partial charge >= 0.3 is 0 Å². The lowest BCUT2D eigenvalue weighted by Crippen LogP contribution is -2.33. The third kappa shape index (κ3) is 3.30. The Morgan fingerprint density at radius 3 is 2.43 bits per heavy atom. The van der Waals surface area contributed by atoms with E-state index >= 15 is 0 Å². The van der Waals surface area contributed by atoms with Gasteiger partial charge in [-0.3, -0.25) is 0 Å². The van der Waals surface area contributed by atoms with E-state index in [-0.39, 0.29) is 12.3 Å². The minimum absolute atomic E-state index is 0.0127. The minimum atomic E-state index is -0.362. The molecule has 3 aromatic carbocycles. The number of anilines is 1. The lowest BCUT2D eigenvalue weighted by atomic mass is 9.96. The van der Waals surface area contributed by atoms with Crippen LogP contribution in [-0.2, 0) is 0 Å². The summed E-state index contributed by atoms with van der Waals surface area (Å²) in [7, 11) is 4.05. The molecule has 2 heterocycles. The molecule has 5 rings (SSSR count). The second-order valence-electron chi connectivity index (χ2n) is 7.77. The molecule has 0 aliphatic carbocycles. The van der Waals surface area contributed by atoms with Gasteiger partial charge in [0.25, 0.3) is 0 Å². The first-order valence-corrected chi connectivity index (χ1v) is 10.6. The topological polar surface area (TPSA) is 28.1 Å². The highest BCUT2D eigenvalue weighted by Gasteiger charge is 2.42. The predicted molar refractivity (Wildman–Crippen MR) is 123 cm³/mol. The van der Waals surface area contributed by atoms with Gasteiger partial charge in [-0.2, -0.15) is 5.10 Å². The van der Waals surface area contributed by atoms with E-state index in [0.717, 1.165) is 34.5 Å². The van der Waals surface area contributed by atoms with Gasteiger partial charge < -0.3 is 9.64 Å². The van der Waals surface area contributed by atoms with Crippen LogP contribution in [-0.4, -0.2) is 24.8 Å². The molecule has 2 atom stereocenters. The molecule has 0 spiro atoms. The fourth-order valence-corrected chi connectivity index (χ4v) is 4.63. The lowest BCUT2D eigenvalue weighted by molar-refractivity contribution is -0.0189. The highest BCUT2D eigenvalue weighted by Crippen LogP contribution is 2.50. The second kappa shape index (κ2) is 7.53. The van der Waals surface area contributed by atoms with E-state index in [1.807, 2.05) is 43.4 Å². The van der Waals surface area contributed by atoms with E-state index in [9.17, 15) is 0 Å². The van der Waals surface area contributed by atoms with Crippen molar-refractivity contribution in [3.8, 4) is 5.75 Å². The number of nitrogens with zero attached hydrogens (tertiary/aromatic N) is 3. The van der Waals surface area contributed by atoms with E-state index in [1.165, 1.54) is 0 Å². The molecule has 2 aliphatic heterocycles. The van der Waals surface area contributed by atoms with Gasteiger partial charge in [-0.1, -0.05) is 65.7 Å². The van der Waals surface area contributed by atoms with E-state index in [4.69, 9.17) is 33.0 Å². The molecule has 30 heavy (non-hydrogen) atoms. The third-order valence-corrected chi connectivity index (χ3v) is 6.11. The van der Waals surface area contributed by atoms with Crippen LogP contribution < -0.4 is 9.64 Å². The number of hydrogen-bond donors (Lipinski definition) is 0. The summed E-state index contributed by atoms with van der Waals surface area (Å²) >= 11 is 12.9. The minimum Gasteiger partial charge on any atom is -0.463 e. The van der Waals surface area contributed by atoms with Crippen molar-refractivity contribution in [3.63, 3.8) is 0 Å². The molecule has 0 radical (unpaired) electrons. The zero-order valence-electron chi connectivity index (χ0n) is 16.7. The average Bonchev–Trinajstić information content (AvgIpc) is 3.20. The van der Waals surface area contributed by atoms with Crippen molar-refractivity contribution in [1.29, 1.82) is 0 Å². The maximum absolute atomic E-state index is 6.54. The summed E-state index contributed by atoms with van der Waals surface area (Å²) in [6, 6.07) is 22.3. The second-order valence-corrected chi connectivity index (χ2v) is 8.62. The Bertz CT molecular complexity index is 1110. The van der Waals surface area contributed by atoms with E-state index in [1.54, 1.807) is 6.07 Å². The summed E-state index contributed by atoms with van der Waals surface area (Å²) in [5, 5.41) is 8.16. The van der Waals surface area contributed by atoms with Crippen LogP contribution in [0.15, 0.2) is 71.8 Å². The Labute approximate surface area is 186 Å². The lowest BCUT2D eigenvalue weighted by Gasteiger charge is -2.38. The molecule has 6 heteroatoms. The Balaban J connectivity index is 1.60. The van der Waals surface area contributed by atoms with Crippen molar-refractivity contribution in [2.75, 3.05) is 19.0 Å². The molecule has 0 amide bonds. The van der Waals surface area contributed by atoms with Crippen molar-refractivity contribution in [2.45, 2.75) is 18.7 Å². The molecule has 152 valence electrons. The first-order valence-electron chi connectivity index (χ1n) is 9.85. The van der Waals surface area contributed by atoms with Crippen LogP contribution in [0.4, 0.5) is 5.69 Å². The van der Waals surface area contributed by atoms with Crippen LogP contribution in [0.1, 0.15) is 35.4 Å². The monoisotopic (exact) mass is 437 g/mol. The fourth-order valence-electron chi connectivity index (χ4n) is 4.08. The van der Waals surface area contributed by atoms with Gasteiger partial charge in [-0.05, 0) is 29.8 Å². The zero-order valence-corrected chi connectivity index (χ0v) is 18.2. The molecule has 0 unspecified atom stereocenters. The Morgan fingerprint density at radius 2 is 1.73 bits per heavy atom. The molecule has 2 aliphatic rings. The van der Waals surface area contributed by atoms with E-state index in [2.05, 4.69) is 41.3 Å². The fraction of sp³-hybridized carbons (Fsp3) is 0.208. The van der Waals surface area contributed by atoms with Crippen molar-refractivity contribution < 1.29 is 4.74 Å². The summed E-state index contributed by atoms with van der Waals surface area (Å²) in [5.74, 6) is 0.688. The summed E-state index contributed by atoms with van der Waals surface area (Å²) in [5.41, 5.74) is 5.28. The Morgan fingerprint density at radius 1 is 1.00 bits per heavy atom. The van der Waals surface area contributed by atoms with Crippen LogP contribution in [0.3, 0.4) is 0 Å². The summed E-state index contributed by atoms with van der Waals surface area (Å²) in [4.78, 5) is 2.07. The van der Waals surface area contributed by atoms with Crippen LogP contribution in [0.5, 0.6) is 5.75 Å². The average molecular weight is 438 g/mol. The molecular weight excluding hydrogens is 417 g/mol. The van der Waals surface area contributed by atoms with Gasteiger partial charge in [0.05, 0.1) is 16.8 Å². The summed E-state index contributed by atoms with van der Waals surface area (Å²) in [6.45, 7) is 0. The largest absolute Gasteiger partial charge is 0.463 e. The van der Waals surface area contributed by atoms with E-state index in [0.29, 0.717) is 15.8 Å². The third-order valence-electron chi connectivity index (χ3n) is 5.61. The van der Waals surface area contributed by atoms with Crippen molar-refractivity contribution in [1.82, 2.24) is 5.01 Å². The number of halogens is 2. The van der Waals surface area contributed by atoms with Crippen molar-refractivity contribution in [3.05, 3.63) is 93.5 Å². The van der Waals surface area contributed by atoms with Gasteiger partial charge in [0.15, 0.2) is 0 Å². The Hall–Kier alpha value is -2.69. The predicted octanol–water partition coefficient (Wildman–Crippen LogP) is 6.30. The molecule has 0 N–H and O–H groups in total. The number of hydrazone groups is 1. The van der Waals surface area contributed by atoms with E-state index < -0.39 is 0 Å². The zero-order chi connectivity index (χ0) is 20.8. The summed E-state index contributed by atoms with van der Waals surface area (Å²) < 4.78 is 6.42. The van der Waals surface area contributed by atoms with Crippen LogP contribution in [0, 0.1) is 0 Å². The molecule has 0 saturated carbocycles. The summed E-state index contributed by atoms with van der Waals surface area (Å²) in [6.07, 6.45) is 0.405. The highest BCUT2D eigenvalue weighted by molar-refractivity contribution is 6.35. The molecule has 4 nitrogen and oxygen atoms in total. The molecular formula is C24H21Cl2N3O. The van der Waals surface area contributed by atoms with Gasteiger partial charge in [0.2, 0.25) is 6.23 Å². The number of ether oxygens (including phenoxy) is 1. The SMILES string of the molecule is CN(C)c1ccc([C@@H]2Oc3c(Cl)cc(Cl)cc3[C@H]3CC(c4ccccc4)=NN32)cc1. The molecule has 0 bridgehead atoms.